The molecule has 1 aliphatic rings. The second-order valence-electron chi connectivity index (χ2n) is 5.50. The van der Waals surface area contributed by atoms with Crippen molar-refractivity contribution in [1.29, 1.82) is 0 Å². The van der Waals surface area contributed by atoms with E-state index in [-0.39, 0.29) is 6.61 Å². The van der Waals surface area contributed by atoms with Crippen LogP contribution in [0.15, 0.2) is 42.7 Å². The molecule has 1 N–H and O–H groups in total. The molecule has 110 valence electrons. The van der Waals surface area contributed by atoms with Crippen LogP contribution in [0.5, 0.6) is 5.75 Å². The first kappa shape index (κ1) is 14.2. The van der Waals surface area contributed by atoms with Gasteiger partial charge in [0.2, 0.25) is 0 Å². The first-order valence-electron chi connectivity index (χ1n) is 6.83. The summed E-state index contributed by atoms with van der Waals surface area (Å²) in [5, 5.41) is 10.3. The second-order valence-corrected chi connectivity index (χ2v) is 5.91. The van der Waals surface area contributed by atoms with E-state index in [0.29, 0.717) is 18.1 Å². The van der Waals surface area contributed by atoms with Crippen molar-refractivity contribution >= 4 is 17.3 Å². The van der Waals surface area contributed by atoms with Crippen molar-refractivity contribution in [2.75, 3.05) is 18.1 Å². The molecule has 0 amide bonds. The Morgan fingerprint density at radius 2 is 2.19 bits per heavy atom. The van der Waals surface area contributed by atoms with Crippen molar-refractivity contribution in [3.8, 4) is 5.75 Å². The largest absolute Gasteiger partial charge is 0.481 e. The number of hydrogen-bond acceptors (Lipinski definition) is 4. The molecule has 0 fully saturated rings. The number of aromatic nitrogens is 1. The number of fused-ring (bicyclic) bond motifs is 1. The van der Waals surface area contributed by atoms with Gasteiger partial charge in [-0.2, -0.15) is 0 Å². The monoisotopic (exact) mass is 304 g/mol. The first-order valence-corrected chi connectivity index (χ1v) is 7.21. The molecule has 1 atom stereocenters. The van der Waals surface area contributed by atoms with Gasteiger partial charge >= 0.3 is 0 Å². The van der Waals surface area contributed by atoms with E-state index in [4.69, 9.17) is 16.3 Å². The number of benzene rings is 1. The predicted molar refractivity (Wildman–Crippen MR) is 82.9 cm³/mol. The lowest BCUT2D eigenvalue weighted by atomic mass is 10.0. The average molecular weight is 305 g/mol. The molecule has 21 heavy (non-hydrogen) atoms. The van der Waals surface area contributed by atoms with Crippen LogP contribution < -0.4 is 9.64 Å². The van der Waals surface area contributed by atoms with Gasteiger partial charge in [-0.25, -0.2) is 0 Å². The Kier molecular flexibility index (Phi) is 3.74. The summed E-state index contributed by atoms with van der Waals surface area (Å²) in [5.74, 6) is 0.783. The summed E-state index contributed by atoms with van der Waals surface area (Å²) in [5.41, 5.74) is 1.40. The molecule has 0 bridgehead atoms. The zero-order valence-electron chi connectivity index (χ0n) is 11.8. The second kappa shape index (κ2) is 5.54. The number of anilines is 1. The molecule has 0 aliphatic carbocycles. The van der Waals surface area contributed by atoms with Crippen molar-refractivity contribution < 1.29 is 9.84 Å². The van der Waals surface area contributed by atoms with Gasteiger partial charge in [0.15, 0.2) is 0 Å². The summed E-state index contributed by atoms with van der Waals surface area (Å²) in [6, 6.07) is 9.76. The van der Waals surface area contributed by atoms with Gasteiger partial charge < -0.3 is 14.7 Å². The van der Waals surface area contributed by atoms with Crippen LogP contribution in [0, 0.1) is 0 Å². The number of aliphatic hydroxyl groups excluding tert-OH is 1. The van der Waals surface area contributed by atoms with Crippen molar-refractivity contribution in [2.45, 2.75) is 19.1 Å². The molecule has 3 rings (SSSR count). The molecule has 0 spiro atoms. The molecule has 2 aromatic rings. The number of pyridine rings is 1. The quantitative estimate of drug-likeness (QED) is 0.947. The Bertz CT molecular complexity index is 650. The van der Waals surface area contributed by atoms with Crippen molar-refractivity contribution in [3.63, 3.8) is 0 Å². The fourth-order valence-electron chi connectivity index (χ4n) is 2.55. The number of halogens is 1. The topological polar surface area (TPSA) is 45.6 Å². The average Bonchev–Trinajstić information content (AvgIpc) is 2.49. The molecule has 4 nitrogen and oxygen atoms in total. The zero-order chi connectivity index (χ0) is 14.9. The maximum Gasteiger partial charge on any atom is 0.147 e. The van der Waals surface area contributed by atoms with Crippen molar-refractivity contribution in [3.05, 3.63) is 53.3 Å². The van der Waals surface area contributed by atoms with Crippen LogP contribution in [0.25, 0.3) is 0 Å². The van der Waals surface area contributed by atoms with Gasteiger partial charge in [-0.3, -0.25) is 4.98 Å². The number of nitrogens with zero attached hydrogens (tertiary/aromatic N) is 2. The fraction of sp³-hybridized carbons (Fsp3) is 0.312. The third-order valence-electron chi connectivity index (χ3n) is 3.64. The first-order chi connectivity index (χ1) is 10.1. The molecule has 0 radical (unpaired) electrons. The van der Waals surface area contributed by atoms with E-state index in [9.17, 15) is 5.11 Å². The molecule has 1 aromatic heterocycles. The molecular weight excluding hydrogens is 288 g/mol. The summed E-state index contributed by atoms with van der Waals surface area (Å²) in [4.78, 5) is 6.19. The molecule has 1 aliphatic heterocycles. The van der Waals surface area contributed by atoms with E-state index in [1.807, 2.05) is 37.3 Å². The molecule has 5 heteroatoms. The van der Waals surface area contributed by atoms with Crippen LogP contribution in [0.3, 0.4) is 0 Å². The van der Waals surface area contributed by atoms with Crippen LogP contribution in [-0.2, 0) is 6.54 Å². The lowest BCUT2D eigenvalue weighted by molar-refractivity contribution is 0.0234. The number of ether oxygens (including phenoxy) is 1. The molecular formula is C16H17ClN2O2. The van der Waals surface area contributed by atoms with Crippen LogP contribution in [0.2, 0.25) is 5.02 Å². The predicted octanol–water partition coefficient (Wildman–Crippen LogP) is 2.89. The van der Waals surface area contributed by atoms with Gasteiger partial charge in [-0.15, -0.1) is 0 Å². The van der Waals surface area contributed by atoms with Gasteiger partial charge in [-0.05, 0) is 30.7 Å². The van der Waals surface area contributed by atoms with Crippen molar-refractivity contribution in [1.82, 2.24) is 4.98 Å². The van der Waals surface area contributed by atoms with Crippen LogP contribution in [0.1, 0.15) is 12.5 Å². The van der Waals surface area contributed by atoms with Crippen LogP contribution in [0.4, 0.5) is 5.69 Å². The number of para-hydroxylation sites is 2. The summed E-state index contributed by atoms with van der Waals surface area (Å²) >= 11 is 6.21. The molecule has 0 saturated carbocycles. The van der Waals surface area contributed by atoms with Gasteiger partial charge in [0.25, 0.3) is 0 Å². The van der Waals surface area contributed by atoms with Gasteiger partial charge in [0.1, 0.15) is 11.4 Å². The zero-order valence-corrected chi connectivity index (χ0v) is 12.5. The highest BCUT2D eigenvalue weighted by atomic mass is 35.5. The Hall–Kier alpha value is -1.78. The number of hydrogen-bond donors (Lipinski definition) is 1. The van der Waals surface area contributed by atoms with Crippen LogP contribution >= 0.6 is 11.6 Å². The Balaban J connectivity index is 1.95. The van der Waals surface area contributed by atoms with E-state index in [0.717, 1.165) is 17.0 Å². The highest BCUT2D eigenvalue weighted by Gasteiger charge is 2.35. The standard InChI is InChI=1S/C16H17ClN2O2/c1-16(11-20)10-19(9-12-6-7-18-8-13(12)17)14-4-2-3-5-15(14)21-16/h2-8,20H,9-11H2,1H3. The van der Waals surface area contributed by atoms with Crippen molar-refractivity contribution in [2.24, 2.45) is 0 Å². The normalized spacial score (nSPS) is 20.8. The van der Waals surface area contributed by atoms with E-state index in [1.165, 1.54) is 0 Å². The fourth-order valence-corrected chi connectivity index (χ4v) is 2.73. The summed E-state index contributed by atoms with van der Waals surface area (Å²) < 4.78 is 5.93. The van der Waals surface area contributed by atoms with E-state index >= 15 is 0 Å². The highest BCUT2D eigenvalue weighted by Crippen LogP contribution is 2.37. The maximum atomic E-state index is 9.63. The third-order valence-corrected chi connectivity index (χ3v) is 3.98. The Labute approximate surface area is 128 Å². The van der Waals surface area contributed by atoms with Gasteiger partial charge in [0, 0.05) is 18.9 Å². The molecule has 1 aromatic carbocycles. The molecule has 2 heterocycles. The lowest BCUT2D eigenvalue weighted by Crippen LogP contribution is -2.51. The van der Waals surface area contributed by atoms with Gasteiger partial charge in [-0.1, -0.05) is 23.7 Å². The minimum atomic E-state index is -0.617. The van der Waals surface area contributed by atoms with Crippen LogP contribution in [-0.4, -0.2) is 28.8 Å². The number of aliphatic hydroxyl groups is 1. The number of rotatable bonds is 3. The van der Waals surface area contributed by atoms with E-state index in [2.05, 4.69) is 9.88 Å². The van der Waals surface area contributed by atoms with E-state index < -0.39 is 5.60 Å². The lowest BCUT2D eigenvalue weighted by Gasteiger charge is -2.42. The molecule has 1 unspecified atom stereocenters. The minimum absolute atomic E-state index is 0.0398. The minimum Gasteiger partial charge on any atom is -0.481 e. The summed E-state index contributed by atoms with van der Waals surface area (Å²) in [7, 11) is 0. The summed E-state index contributed by atoms with van der Waals surface area (Å²) in [6.07, 6.45) is 3.38. The van der Waals surface area contributed by atoms with E-state index in [1.54, 1.807) is 12.4 Å². The SMILES string of the molecule is CC1(CO)CN(Cc2ccncc2Cl)c2ccccc2O1. The van der Waals surface area contributed by atoms with Gasteiger partial charge in [0.05, 0.1) is 23.9 Å². The summed E-state index contributed by atoms with van der Waals surface area (Å²) in [6.45, 7) is 3.11. The maximum absolute atomic E-state index is 9.63. The third kappa shape index (κ3) is 2.82. The Morgan fingerprint density at radius 3 is 2.95 bits per heavy atom. The Morgan fingerprint density at radius 1 is 1.38 bits per heavy atom. The molecule has 0 saturated heterocycles. The smallest absolute Gasteiger partial charge is 0.147 e. The highest BCUT2D eigenvalue weighted by molar-refractivity contribution is 6.31.